The maximum atomic E-state index is 10.6. The molecule has 2 aliphatic heterocycles. The predicted molar refractivity (Wildman–Crippen MR) is 84.9 cm³/mol. The lowest BCUT2D eigenvalue weighted by atomic mass is 9.91. The van der Waals surface area contributed by atoms with Crippen molar-refractivity contribution in [1.82, 2.24) is 0 Å². The number of hydrogen-bond donors (Lipinski definition) is 1. The quantitative estimate of drug-likeness (QED) is 0.626. The van der Waals surface area contributed by atoms with Crippen LogP contribution in [0.3, 0.4) is 0 Å². The highest BCUT2D eigenvalue weighted by molar-refractivity contribution is 6.24. The number of anilines is 1. The molecular formula is C17H18ClNO. The van der Waals surface area contributed by atoms with Crippen LogP contribution in [-0.4, -0.2) is 10.6 Å². The van der Waals surface area contributed by atoms with Gasteiger partial charge in [0.1, 0.15) is 11.3 Å². The summed E-state index contributed by atoms with van der Waals surface area (Å²) in [5, 5.41) is 10.6. The molecule has 0 aliphatic carbocycles. The first kappa shape index (κ1) is 13.3. The Morgan fingerprint density at radius 2 is 2.10 bits per heavy atom. The molecule has 20 heavy (non-hydrogen) atoms. The van der Waals surface area contributed by atoms with Gasteiger partial charge in [-0.1, -0.05) is 49.2 Å². The largest absolute Gasteiger partial charge is 0.505 e. The van der Waals surface area contributed by atoms with Crippen molar-refractivity contribution in [2.45, 2.75) is 31.7 Å². The summed E-state index contributed by atoms with van der Waals surface area (Å²) in [7, 11) is 0. The minimum atomic E-state index is -0.258. The Morgan fingerprint density at radius 3 is 2.90 bits per heavy atom. The minimum absolute atomic E-state index is 0.258. The highest BCUT2D eigenvalue weighted by Crippen LogP contribution is 2.43. The maximum Gasteiger partial charge on any atom is 0.143 e. The van der Waals surface area contributed by atoms with Gasteiger partial charge in [0.05, 0.1) is 11.4 Å². The van der Waals surface area contributed by atoms with Crippen LogP contribution in [0, 0.1) is 0 Å². The van der Waals surface area contributed by atoms with Crippen molar-refractivity contribution in [3.05, 3.63) is 59.5 Å². The van der Waals surface area contributed by atoms with Gasteiger partial charge in [-0.2, -0.15) is 0 Å². The second-order valence-corrected chi connectivity index (χ2v) is 5.57. The SMILES string of the molecule is CCCCC1=C(O)C2=CC=CC(Cl)N2c2ccccc21. The van der Waals surface area contributed by atoms with E-state index in [1.54, 1.807) is 0 Å². The van der Waals surface area contributed by atoms with Gasteiger partial charge in [-0.3, -0.25) is 0 Å². The molecule has 0 amide bonds. The summed E-state index contributed by atoms with van der Waals surface area (Å²) in [6, 6.07) is 8.15. The Labute approximate surface area is 124 Å². The second-order valence-electron chi connectivity index (χ2n) is 5.13. The third kappa shape index (κ3) is 2.04. The van der Waals surface area contributed by atoms with E-state index in [-0.39, 0.29) is 5.50 Å². The summed E-state index contributed by atoms with van der Waals surface area (Å²) in [5.41, 5.74) is 3.75. The standard InChI is InChI=1S/C17H18ClNO/c1-2-3-7-13-12-8-4-5-9-14(12)19-15(17(13)20)10-6-11-16(19)18/h4-6,8-11,16,20H,2-3,7H2,1H3. The number of para-hydroxylation sites is 1. The van der Waals surface area contributed by atoms with Gasteiger partial charge in [-0.05, 0) is 31.1 Å². The van der Waals surface area contributed by atoms with Crippen molar-refractivity contribution in [2.75, 3.05) is 4.90 Å². The molecule has 1 atom stereocenters. The summed E-state index contributed by atoms with van der Waals surface area (Å²) in [6.07, 6.45) is 8.83. The van der Waals surface area contributed by atoms with Crippen LogP contribution in [0.4, 0.5) is 5.69 Å². The van der Waals surface area contributed by atoms with Gasteiger partial charge in [-0.15, -0.1) is 0 Å². The second kappa shape index (κ2) is 5.37. The molecule has 0 saturated heterocycles. The van der Waals surface area contributed by atoms with Crippen molar-refractivity contribution in [3.8, 4) is 0 Å². The lowest BCUT2D eigenvalue weighted by Crippen LogP contribution is -2.35. The fourth-order valence-electron chi connectivity index (χ4n) is 2.82. The van der Waals surface area contributed by atoms with E-state index in [2.05, 4.69) is 19.1 Å². The Hall–Kier alpha value is -1.67. The maximum absolute atomic E-state index is 10.6. The topological polar surface area (TPSA) is 23.5 Å². The summed E-state index contributed by atoms with van der Waals surface area (Å²) < 4.78 is 0. The fraction of sp³-hybridized carbons (Fsp3) is 0.294. The molecule has 104 valence electrons. The molecule has 3 heteroatoms. The van der Waals surface area contributed by atoms with E-state index >= 15 is 0 Å². The Morgan fingerprint density at radius 1 is 1.30 bits per heavy atom. The molecule has 1 N–H and O–H groups in total. The smallest absolute Gasteiger partial charge is 0.143 e. The minimum Gasteiger partial charge on any atom is -0.505 e. The number of nitrogens with zero attached hydrogens (tertiary/aromatic N) is 1. The number of halogens is 1. The molecule has 2 heterocycles. The molecule has 0 aromatic heterocycles. The van der Waals surface area contributed by atoms with Gasteiger partial charge < -0.3 is 10.0 Å². The van der Waals surface area contributed by atoms with Crippen LogP contribution >= 0.6 is 11.6 Å². The number of fused-ring (bicyclic) bond motifs is 3. The van der Waals surface area contributed by atoms with Gasteiger partial charge in [0.2, 0.25) is 0 Å². The first-order chi connectivity index (χ1) is 9.74. The van der Waals surface area contributed by atoms with E-state index in [0.29, 0.717) is 5.76 Å². The third-order valence-electron chi connectivity index (χ3n) is 3.83. The highest BCUT2D eigenvalue weighted by Gasteiger charge is 2.32. The Kier molecular flexibility index (Phi) is 3.58. The van der Waals surface area contributed by atoms with Crippen LogP contribution in [0.25, 0.3) is 5.57 Å². The van der Waals surface area contributed by atoms with Gasteiger partial charge in [0.15, 0.2) is 0 Å². The third-order valence-corrected chi connectivity index (χ3v) is 4.17. The number of unbranched alkanes of at least 4 members (excludes halogenated alkanes) is 1. The average molecular weight is 288 g/mol. The molecule has 1 aromatic rings. The van der Waals surface area contributed by atoms with Crippen LogP contribution in [0.1, 0.15) is 31.7 Å². The van der Waals surface area contributed by atoms with Crippen molar-refractivity contribution in [1.29, 1.82) is 0 Å². The van der Waals surface area contributed by atoms with Crippen LogP contribution in [0.15, 0.2) is 53.9 Å². The number of allylic oxidation sites excluding steroid dienone is 3. The van der Waals surface area contributed by atoms with Crippen LogP contribution in [0.5, 0.6) is 0 Å². The molecule has 3 rings (SSSR count). The molecule has 0 spiro atoms. The normalized spacial score (nSPS) is 20.6. The molecule has 1 unspecified atom stereocenters. The van der Waals surface area contributed by atoms with E-state index in [1.807, 2.05) is 35.3 Å². The lowest BCUT2D eigenvalue weighted by molar-refractivity contribution is 0.417. The number of hydrogen-bond acceptors (Lipinski definition) is 2. The number of alkyl halides is 1. The monoisotopic (exact) mass is 287 g/mol. The van der Waals surface area contributed by atoms with Crippen LogP contribution in [0.2, 0.25) is 0 Å². The molecule has 1 aromatic carbocycles. The molecule has 2 nitrogen and oxygen atoms in total. The Bertz CT molecular complexity index is 615. The number of benzene rings is 1. The number of rotatable bonds is 3. The van der Waals surface area contributed by atoms with Gasteiger partial charge in [-0.25, -0.2) is 0 Å². The number of aliphatic hydroxyl groups excluding tert-OH is 1. The van der Waals surface area contributed by atoms with Crippen molar-refractivity contribution >= 4 is 22.9 Å². The summed E-state index contributed by atoms with van der Waals surface area (Å²) in [6.45, 7) is 2.16. The Balaban J connectivity index is 2.16. The summed E-state index contributed by atoms with van der Waals surface area (Å²) in [4.78, 5) is 1.99. The van der Waals surface area contributed by atoms with Gasteiger partial charge in [0, 0.05) is 11.1 Å². The summed E-state index contributed by atoms with van der Waals surface area (Å²) in [5.74, 6) is 0.368. The van der Waals surface area contributed by atoms with Crippen molar-refractivity contribution in [2.24, 2.45) is 0 Å². The van der Waals surface area contributed by atoms with E-state index in [9.17, 15) is 5.11 Å². The zero-order valence-corrected chi connectivity index (χ0v) is 12.3. The highest BCUT2D eigenvalue weighted by atomic mass is 35.5. The van der Waals surface area contributed by atoms with E-state index in [1.165, 1.54) is 0 Å². The number of aliphatic hydroxyl groups is 1. The molecule has 0 saturated carbocycles. The van der Waals surface area contributed by atoms with Crippen LogP contribution < -0.4 is 4.90 Å². The molecule has 0 bridgehead atoms. The molecule has 0 fully saturated rings. The van der Waals surface area contributed by atoms with E-state index < -0.39 is 0 Å². The fourth-order valence-corrected chi connectivity index (χ4v) is 3.12. The average Bonchev–Trinajstić information content (AvgIpc) is 2.47. The zero-order valence-electron chi connectivity index (χ0n) is 11.5. The lowest BCUT2D eigenvalue weighted by Gasteiger charge is -2.38. The van der Waals surface area contributed by atoms with Crippen molar-refractivity contribution in [3.63, 3.8) is 0 Å². The van der Waals surface area contributed by atoms with Crippen molar-refractivity contribution < 1.29 is 5.11 Å². The predicted octanol–water partition coefficient (Wildman–Crippen LogP) is 4.98. The zero-order chi connectivity index (χ0) is 14.1. The first-order valence-electron chi connectivity index (χ1n) is 7.07. The summed E-state index contributed by atoms with van der Waals surface area (Å²) >= 11 is 6.40. The van der Waals surface area contributed by atoms with Gasteiger partial charge in [0.25, 0.3) is 0 Å². The van der Waals surface area contributed by atoms with Crippen LogP contribution in [-0.2, 0) is 0 Å². The molecular weight excluding hydrogens is 270 g/mol. The first-order valence-corrected chi connectivity index (χ1v) is 7.51. The van der Waals surface area contributed by atoms with E-state index in [4.69, 9.17) is 11.6 Å². The van der Waals surface area contributed by atoms with Gasteiger partial charge >= 0.3 is 0 Å². The molecule has 0 radical (unpaired) electrons. The molecule has 2 aliphatic rings. The van der Waals surface area contributed by atoms with E-state index in [0.717, 1.165) is 41.8 Å².